The van der Waals surface area contributed by atoms with E-state index in [1.165, 1.54) is 0 Å². The number of aromatic nitrogens is 1. The summed E-state index contributed by atoms with van der Waals surface area (Å²) in [6, 6.07) is 13.2. The lowest BCUT2D eigenvalue weighted by atomic mass is 10.1. The van der Waals surface area contributed by atoms with Gasteiger partial charge in [0.05, 0.1) is 38.1 Å². The molecule has 0 radical (unpaired) electrons. The number of amides is 1. The van der Waals surface area contributed by atoms with Gasteiger partial charge in [-0.3, -0.25) is 9.78 Å². The maximum absolute atomic E-state index is 12.6. The summed E-state index contributed by atoms with van der Waals surface area (Å²) in [5, 5.41) is 3.87. The number of benzene rings is 2. The second-order valence-corrected chi connectivity index (χ2v) is 6.38. The third-order valence-corrected chi connectivity index (χ3v) is 4.61. The van der Waals surface area contributed by atoms with E-state index in [-0.39, 0.29) is 5.91 Å². The van der Waals surface area contributed by atoms with E-state index in [0.29, 0.717) is 35.7 Å². The van der Waals surface area contributed by atoms with Crippen molar-refractivity contribution >= 4 is 16.8 Å². The van der Waals surface area contributed by atoms with E-state index in [1.54, 1.807) is 21.3 Å². The highest BCUT2D eigenvalue weighted by molar-refractivity contribution is 5.98. The molecule has 3 aromatic rings. The van der Waals surface area contributed by atoms with Crippen molar-refractivity contribution in [2.75, 3.05) is 27.9 Å². The van der Waals surface area contributed by atoms with Crippen molar-refractivity contribution in [3.8, 4) is 17.2 Å². The predicted molar refractivity (Wildman–Crippen MR) is 109 cm³/mol. The molecule has 0 aliphatic heterocycles. The molecule has 1 amide bonds. The summed E-state index contributed by atoms with van der Waals surface area (Å²) in [6.45, 7) is 2.34. The van der Waals surface area contributed by atoms with Gasteiger partial charge in [0.25, 0.3) is 5.91 Å². The second kappa shape index (κ2) is 8.61. The molecule has 0 saturated heterocycles. The van der Waals surface area contributed by atoms with Gasteiger partial charge in [-0.1, -0.05) is 6.07 Å². The summed E-state index contributed by atoms with van der Waals surface area (Å²) in [4.78, 5) is 17.2. The average molecular weight is 380 g/mol. The lowest BCUT2D eigenvalue weighted by molar-refractivity contribution is 0.0953. The molecule has 1 heterocycles. The van der Waals surface area contributed by atoms with Gasteiger partial charge in [-0.05, 0) is 49.2 Å². The fraction of sp³-hybridized carbons (Fsp3) is 0.273. The molecular formula is C22H24N2O4. The van der Waals surface area contributed by atoms with Crippen molar-refractivity contribution < 1.29 is 19.0 Å². The molecule has 0 aliphatic rings. The van der Waals surface area contributed by atoms with Crippen LogP contribution in [-0.2, 0) is 6.42 Å². The van der Waals surface area contributed by atoms with Crippen LogP contribution in [0.25, 0.3) is 10.9 Å². The van der Waals surface area contributed by atoms with E-state index in [2.05, 4.69) is 10.3 Å². The Balaban J connectivity index is 1.69. The van der Waals surface area contributed by atoms with Crippen molar-refractivity contribution in [2.24, 2.45) is 0 Å². The molecule has 0 atom stereocenters. The maximum Gasteiger partial charge on any atom is 0.253 e. The Kier molecular flexibility index (Phi) is 5.99. The van der Waals surface area contributed by atoms with Gasteiger partial charge >= 0.3 is 0 Å². The standard InChI is InChI=1S/C22H24N2O4/c1-14-18(12-16-6-7-17(26-2)13-19(16)24-14)22(25)23-10-9-15-5-8-20(27-3)21(11-15)28-4/h5-8,11-13H,9-10H2,1-4H3,(H,23,25). The van der Waals surface area contributed by atoms with Gasteiger partial charge in [-0.25, -0.2) is 0 Å². The Hall–Kier alpha value is -3.28. The van der Waals surface area contributed by atoms with Crippen LogP contribution in [-0.4, -0.2) is 38.8 Å². The molecule has 0 spiro atoms. The molecule has 1 aromatic heterocycles. The summed E-state index contributed by atoms with van der Waals surface area (Å²) in [5.41, 5.74) is 3.12. The van der Waals surface area contributed by atoms with Gasteiger partial charge in [-0.15, -0.1) is 0 Å². The van der Waals surface area contributed by atoms with Crippen molar-refractivity contribution in [1.82, 2.24) is 10.3 Å². The number of methoxy groups -OCH3 is 3. The Bertz CT molecular complexity index is 1000. The molecule has 0 unspecified atom stereocenters. The lowest BCUT2D eigenvalue weighted by Crippen LogP contribution is -2.26. The molecule has 28 heavy (non-hydrogen) atoms. The molecule has 0 fully saturated rings. The van der Waals surface area contributed by atoms with E-state index in [4.69, 9.17) is 14.2 Å². The number of hydrogen-bond acceptors (Lipinski definition) is 5. The number of nitrogens with one attached hydrogen (secondary N) is 1. The van der Waals surface area contributed by atoms with Crippen molar-refractivity contribution in [1.29, 1.82) is 0 Å². The topological polar surface area (TPSA) is 69.7 Å². The molecule has 2 aromatic carbocycles. The minimum Gasteiger partial charge on any atom is -0.497 e. The van der Waals surface area contributed by atoms with Gasteiger partial charge in [-0.2, -0.15) is 0 Å². The third kappa shape index (κ3) is 4.17. The van der Waals surface area contributed by atoms with Crippen LogP contribution >= 0.6 is 0 Å². The monoisotopic (exact) mass is 380 g/mol. The molecule has 0 aliphatic carbocycles. The Morgan fingerprint density at radius 2 is 1.75 bits per heavy atom. The van der Waals surface area contributed by atoms with E-state index in [0.717, 1.165) is 22.2 Å². The van der Waals surface area contributed by atoms with Crippen LogP contribution in [0, 0.1) is 6.92 Å². The first kappa shape index (κ1) is 19.5. The maximum atomic E-state index is 12.6. The summed E-state index contributed by atoms with van der Waals surface area (Å²) in [5.74, 6) is 1.97. The molecule has 6 heteroatoms. The number of ether oxygens (including phenoxy) is 3. The first-order valence-electron chi connectivity index (χ1n) is 9.00. The number of carbonyl (C=O) groups is 1. The Labute approximate surface area is 164 Å². The number of carbonyl (C=O) groups excluding carboxylic acids is 1. The predicted octanol–water partition coefficient (Wildman–Crippen LogP) is 3.54. The summed E-state index contributed by atoms with van der Waals surface area (Å²) < 4.78 is 15.8. The molecule has 0 saturated carbocycles. The highest BCUT2D eigenvalue weighted by Gasteiger charge is 2.12. The SMILES string of the molecule is COc1ccc2cc(C(=O)NCCc3ccc(OC)c(OC)c3)c(C)nc2c1. The molecule has 3 rings (SSSR count). The average Bonchev–Trinajstić information content (AvgIpc) is 2.72. The summed E-state index contributed by atoms with van der Waals surface area (Å²) >= 11 is 0. The largest absolute Gasteiger partial charge is 0.497 e. The van der Waals surface area contributed by atoms with Gasteiger partial charge in [0.1, 0.15) is 5.75 Å². The number of rotatable bonds is 7. The molecule has 146 valence electrons. The van der Waals surface area contributed by atoms with Crippen molar-refractivity contribution in [2.45, 2.75) is 13.3 Å². The zero-order valence-corrected chi connectivity index (χ0v) is 16.5. The minimum atomic E-state index is -0.136. The highest BCUT2D eigenvalue weighted by Crippen LogP contribution is 2.27. The molecule has 6 nitrogen and oxygen atoms in total. The van der Waals surface area contributed by atoms with Crippen molar-refractivity contribution in [3.63, 3.8) is 0 Å². The minimum absolute atomic E-state index is 0.136. The molecular weight excluding hydrogens is 356 g/mol. The highest BCUT2D eigenvalue weighted by atomic mass is 16.5. The van der Waals surface area contributed by atoms with Gasteiger partial charge < -0.3 is 19.5 Å². The fourth-order valence-corrected chi connectivity index (χ4v) is 3.05. The van der Waals surface area contributed by atoms with Crippen LogP contribution in [0.5, 0.6) is 17.2 Å². The zero-order chi connectivity index (χ0) is 20.1. The van der Waals surface area contributed by atoms with Gasteiger partial charge in [0, 0.05) is 18.0 Å². The number of hydrogen-bond donors (Lipinski definition) is 1. The second-order valence-electron chi connectivity index (χ2n) is 6.38. The van der Waals surface area contributed by atoms with Crippen LogP contribution in [0.2, 0.25) is 0 Å². The zero-order valence-electron chi connectivity index (χ0n) is 16.5. The van der Waals surface area contributed by atoms with Gasteiger partial charge in [0.2, 0.25) is 0 Å². The van der Waals surface area contributed by atoms with Crippen LogP contribution in [0.3, 0.4) is 0 Å². The van der Waals surface area contributed by atoms with Crippen LogP contribution in [0.15, 0.2) is 42.5 Å². The fourth-order valence-electron chi connectivity index (χ4n) is 3.05. The quantitative estimate of drug-likeness (QED) is 0.679. The normalized spacial score (nSPS) is 10.6. The van der Waals surface area contributed by atoms with Crippen LogP contribution in [0.4, 0.5) is 0 Å². The van der Waals surface area contributed by atoms with E-state index in [1.807, 2.05) is 49.4 Å². The van der Waals surface area contributed by atoms with Gasteiger partial charge in [0.15, 0.2) is 11.5 Å². The first-order valence-corrected chi connectivity index (χ1v) is 9.00. The third-order valence-electron chi connectivity index (χ3n) is 4.61. The van der Waals surface area contributed by atoms with E-state index in [9.17, 15) is 4.79 Å². The smallest absolute Gasteiger partial charge is 0.253 e. The molecule has 0 bridgehead atoms. The number of nitrogens with zero attached hydrogens (tertiary/aromatic N) is 1. The van der Waals surface area contributed by atoms with Crippen LogP contribution in [0.1, 0.15) is 21.6 Å². The number of aryl methyl sites for hydroxylation is 1. The van der Waals surface area contributed by atoms with Crippen molar-refractivity contribution in [3.05, 3.63) is 59.3 Å². The number of pyridine rings is 1. The summed E-state index contributed by atoms with van der Waals surface area (Å²) in [7, 11) is 4.83. The summed E-state index contributed by atoms with van der Waals surface area (Å²) in [6.07, 6.45) is 0.684. The van der Waals surface area contributed by atoms with Crippen LogP contribution < -0.4 is 19.5 Å². The number of fused-ring (bicyclic) bond motifs is 1. The Morgan fingerprint density at radius 1 is 0.964 bits per heavy atom. The lowest BCUT2D eigenvalue weighted by Gasteiger charge is -2.11. The van der Waals surface area contributed by atoms with E-state index < -0.39 is 0 Å². The first-order chi connectivity index (χ1) is 13.5. The Morgan fingerprint density at radius 3 is 2.46 bits per heavy atom. The van der Waals surface area contributed by atoms with E-state index >= 15 is 0 Å². The molecule has 1 N–H and O–H groups in total.